The molecule has 29 heavy (non-hydrogen) atoms. The van der Waals surface area contributed by atoms with Gasteiger partial charge in [0.1, 0.15) is 0 Å². The number of methoxy groups -OCH3 is 2. The van der Waals surface area contributed by atoms with E-state index in [0.717, 1.165) is 23.2 Å². The van der Waals surface area contributed by atoms with E-state index in [-0.39, 0.29) is 18.2 Å². The fourth-order valence-corrected chi connectivity index (χ4v) is 3.45. The highest BCUT2D eigenvalue weighted by Crippen LogP contribution is 2.34. The van der Waals surface area contributed by atoms with E-state index < -0.39 is 5.41 Å². The molecule has 1 aliphatic heterocycles. The molecule has 0 atom stereocenters. The van der Waals surface area contributed by atoms with Gasteiger partial charge in [-0.1, -0.05) is 32.9 Å². The van der Waals surface area contributed by atoms with Gasteiger partial charge in [0.25, 0.3) is 0 Å². The Balaban J connectivity index is 1.73. The first kappa shape index (κ1) is 20.7. The van der Waals surface area contributed by atoms with Crippen molar-refractivity contribution in [2.75, 3.05) is 31.0 Å². The molecule has 0 fully saturated rings. The Hall–Kier alpha value is -3.02. The number of amides is 2. The summed E-state index contributed by atoms with van der Waals surface area (Å²) in [5.41, 5.74) is 3.07. The number of benzene rings is 2. The van der Waals surface area contributed by atoms with Crippen molar-refractivity contribution in [1.29, 1.82) is 0 Å². The Bertz CT molecular complexity index is 931. The van der Waals surface area contributed by atoms with Crippen LogP contribution in [-0.2, 0) is 22.4 Å². The molecule has 0 unspecified atom stereocenters. The van der Waals surface area contributed by atoms with Crippen LogP contribution >= 0.6 is 0 Å². The third-order valence-electron chi connectivity index (χ3n) is 4.96. The zero-order valence-corrected chi connectivity index (χ0v) is 17.7. The Kier molecular flexibility index (Phi) is 5.82. The molecule has 2 aromatic carbocycles. The van der Waals surface area contributed by atoms with Crippen molar-refractivity contribution < 1.29 is 19.1 Å². The van der Waals surface area contributed by atoms with E-state index >= 15 is 0 Å². The van der Waals surface area contributed by atoms with Gasteiger partial charge in [0, 0.05) is 23.3 Å². The second-order valence-corrected chi connectivity index (χ2v) is 8.21. The molecule has 0 radical (unpaired) electrons. The molecule has 1 N–H and O–H groups in total. The van der Waals surface area contributed by atoms with Gasteiger partial charge in [0.05, 0.1) is 20.6 Å². The zero-order chi connectivity index (χ0) is 21.2. The van der Waals surface area contributed by atoms with Gasteiger partial charge in [-0.15, -0.1) is 0 Å². The van der Waals surface area contributed by atoms with E-state index in [1.807, 2.05) is 49.9 Å². The number of nitrogens with zero attached hydrogens (tertiary/aromatic N) is 1. The van der Waals surface area contributed by atoms with Gasteiger partial charge in [0.2, 0.25) is 11.8 Å². The van der Waals surface area contributed by atoms with Crippen LogP contribution in [0.3, 0.4) is 0 Å². The minimum Gasteiger partial charge on any atom is -0.493 e. The van der Waals surface area contributed by atoms with Crippen LogP contribution in [0.25, 0.3) is 0 Å². The highest BCUT2D eigenvalue weighted by atomic mass is 16.5. The summed E-state index contributed by atoms with van der Waals surface area (Å²) >= 11 is 0. The highest BCUT2D eigenvalue weighted by Gasteiger charge is 2.32. The van der Waals surface area contributed by atoms with Crippen LogP contribution in [0.2, 0.25) is 0 Å². The lowest BCUT2D eigenvalue weighted by molar-refractivity contribution is -0.125. The molecule has 6 nitrogen and oxygen atoms in total. The number of anilines is 2. The van der Waals surface area contributed by atoms with Crippen molar-refractivity contribution in [3.05, 3.63) is 47.5 Å². The van der Waals surface area contributed by atoms with Gasteiger partial charge < -0.3 is 19.7 Å². The fraction of sp³-hybridized carbons (Fsp3) is 0.391. The predicted molar refractivity (Wildman–Crippen MR) is 114 cm³/mol. The number of hydrogen-bond donors (Lipinski definition) is 1. The number of carbonyl (C=O) groups excluding carboxylic acids is 2. The Morgan fingerprint density at radius 2 is 1.76 bits per heavy atom. The third-order valence-corrected chi connectivity index (χ3v) is 4.96. The van der Waals surface area contributed by atoms with Crippen LogP contribution in [0.15, 0.2) is 36.4 Å². The second kappa shape index (κ2) is 8.15. The summed E-state index contributed by atoms with van der Waals surface area (Å²) in [5, 5.41) is 2.94. The topological polar surface area (TPSA) is 67.9 Å². The van der Waals surface area contributed by atoms with Gasteiger partial charge in [-0.3, -0.25) is 9.59 Å². The number of ether oxygens (including phenoxy) is 2. The lowest BCUT2D eigenvalue weighted by Crippen LogP contribution is -2.38. The van der Waals surface area contributed by atoms with Crippen LogP contribution in [0, 0.1) is 5.41 Å². The number of rotatable bonds is 5. The molecule has 0 spiro atoms. The van der Waals surface area contributed by atoms with Gasteiger partial charge in [-0.2, -0.15) is 0 Å². The average Bonchev–Trinajstić information content (AvgIpc) is 3.09. The van der Waals surface area contributed by atoms with Crippen molar-refractivity contribution in [1.82, 2.24) is 0 Å². The van der Waals surface area contributed by atoms with E-state index in [4.69, 9.17) is 9.47 Å². The van der Waals surface area contributed by atoms with Crippen LogP contribution in [-0.4, -0.2) is 32.6 Å². The molecular formula is C23H28N2O4. The van der Waals surface area contributed by atoms with Gasteiger partial charge in [-0.25, -0.2) is 0 Å². The average molecular weight is 396 g/mol. The van der Waals surface area contributed by atoms with Crippen molar-refractivity contribution >= 4 is 23.2 Å². The normalized spacial score (nSPS) is 13.1. The first-order valence-corrected chi connectivity index (χ1v) is 9.68. The van der Waals surface area contributed by atoms with Crippen molar-refractivity contribution in [2.45, 2.75) is 33.6 Å². The molecule has 2 amide bonds. The van der Waals surface area contributed by atoms with E-state index in [1.54, 1.807) is 26.4 Å². The van der Waals surface area contributed by atoms with Crippen LogP contribution < -0.4 is 19.7 Å². The maximum absolute atomic E-state index is 12.7. The van der Waals surface area contributed by atoms with Crippen molar-refractivity contribution in [2.24, 2.45) is 5.41 Å². The molecule has 154 valence electrons. The summed E-state index contributed by atoms with van der Waals surface area (Å²) in [7, 11) is 3.14. The smallest absolute Gasteiger partial charge is 0.232 e. The molecule has 1 heterocycles. The van der Waals surface area contributed by atoms with Gasteiger partial charge in [-0.05, 0) is 41.8 Å². The molecule has 0 saturated carbocycles. The number of hydrogen-bond acceptors (Lipinski definition) is 4. The molecule has 0 aromatic heterocycles. The maximum atomic E-state index is 12.7. The van der Waals surface area contributed by atoms with Crippen molar-refractivity contribution in [3.63, 3.8) is 0 Å². The summed E-state index contributed by atoms with van der Waals surface area (Å²) < 4.78 is 10.5. The molecule has 0 bridgehead atoms. The van der Waals surface area contributed by atoms with E-state index in [9.17, 15) is 9.59 Å². The van der Waals surface area contributed by atoms with E-state index in [0.29, 0.717) is 23.7 Å². The summed E-state index contributed by atoms with van der Waals surface area (Å²) in [4.78, 5) is 27.1. The Morgan fingerprint density at radius 1 is 1.03 bits per heavy atom. The Labute approximate surface area is 171 Å². The zero-order valence-electron chi connectivity index (χ0n) is 17.7. The number of fused-ring (bicyclic) bond motifs is 1. The van der Waals surface area contributed by atoms with Crippen molar-refractivity contribution in [3.8, 4) is 11.5 Å². The summed E-state index contributed by atoms with van der Waals surface area (Å²) in [5.74, 6) is 1.17. The van der Waals surface area contributed by atoms with Gasteiger partial charge in [0.15, 0.2) is 11.5 Å². The Morgan fingerprint density at radius 3 is 2.41 bits per heavy atom. The number of carbonyl (C=O) groups is 2. The summed E-state index contributed by atoms with van der Waals surface area (Å²) in [6, 6.07) is 11.2. The molecule has 3 rings (SSSR count). The lowest BCUT2D eigenvalue weighted by atomic mass is 9.94. The molecular weight excluding hydrogens is 368 g/mol. The number of nitrogens with one attached hydrogen (secondary N) is 1. The fourth-order valence-electron chi connectivity index (χ4n) is 3.45. The minimum absolute atomic E-state index is 0.0880. The molecule has 6 heteroatoms. The quantitative estimate of drug-likeness (QED) is 0.834. The summed E-state index contributed by atoms with van der Waals surface area (Å²) in [6.45, 7) is 6.43. The minimum atomic E-state index is -0.450. The summed E-state index contributed by atoms with van der Waals surface area (Å²) in [6.07, 6.45) is 1.04. The molecule has 0 aliphatic carbocycles. The first-order valence-electron chi connectivity index (χ1n) is 9.68. The maximum Gasteiger partial charge on any atom is 0.232 e. The highest BCUT2D eigenvalue weighted by molar-refractivity contribution is 6.00. The van der Waals surface area contributed by atoms with E-state index in [1.165, 1.54) is 0 Å². The molecule has 1 aliphatic rings. The standard InChI is InChI=1S/C23H28N2O4/c1-23(2,3)22(27)25-11-10-16-7-8-17(14-18(16)25)24-21(26)13-15-6-9-19(28-4)20(12-15)29-5/h6-9,12,14H,10-11,13H2,1-5H3,(H,24,26). The molecule has 2 aromatic rings. The lowest BCUT2D eigenvalue weighted by Gasteiger charge is -2.26. The van der Waals surface area contributed by atoms with E-state index in [2.05, 4.69) is 5.32 Å². The second-order valence-electron chi connectivity index (χ2n) is 8.21. The largest absolute Gasteiger partial charge is 0.493 e. The molecule has 0 saturated heterocycles. The predicted octanol–water partition coefficient (Wildman–Crippen LogP) is 3.82. The monoisotopic (exact) mass is 396 g/mol. The van der Waals surface area contributed by atoms with Crippen LogP contribution in [0.4, 0.5) is 11.4 Å². The van der Waals surface area contributed by atoms with Crippen LogP contribution in [0.5, 0.6) is 11.5 Å². The van der Waals surface area contributed by atoms with Gasteiger partial charge >= 0.3 is 0 Å². The first-order chi connectivity index (χ1) is 13.7. The third kappa shape index (κ3) is 4.53. The SMILES string of the molecule is COc1ccc(CC(=O)Nc2ccc3c(c2)N(C(=O)C(C)(C)C)CC3)cc1OC. The van der Waals surface area contributed by atoms with Crippen LogP contribution in [0.1, 0.15) is 31.9 Å².